The Morgan fingerprint density at radius 3 is 2.56 bits per heavy atom. The third kappa shape index (κ3) is 4.83. The fourth-order valence-electron chi connectivity index (χ4n) is 2.69. The van der Waals surface area contributed by atoms with E-state index in [4.69, 9.17) is 9.47 Å². The summed E-state index contributed by atoms with van der Waals surface area (Å²) in [6, 6.07) is 10.8. The number of hydrogen-bond acceptors (Lipinski definition) is 6. The number of hydrazone groups is 1. The van der Waals surface area contributed by atoms with Gasteiger partial charge in [0.25, 0.3) is 0 Å². The van der Waals surface area contributed by atoms with Gasteiger partial charge in [-0.25, -0.2) is 9.18 Å². The average Bonchev–Trinajstić information content (AvgIpc) is 2.68. The summed E-state index contributed by atoms with van der Waals surface area (Å²) in [6.07, 6.45) is 1.75. The van der Waals surface area contributed by atoms with Crippen molar-refractivity contribution >= 4 is 12.2 Å². The van der Waals surface area contributed by atoms with Gasteiger partial charge < -0.3 is 14.4 Å². The third-order valence-corrected chi connectivity index (χ3v) is 4.33. The fraction of sp³-hybridized carbons (Fsp3) is 0.300. The van der Waals surface area contributed by atoms with Crippen LogP contribution in [0.3, 0.4) is 0 Å². The molecule has 0 atom stereocenters. The van der Waals surface area contributed by atoms with Crippen LogP contribution in [0.2, 0.25) is 0 Å². The first-order valence-corrected chi connectivity index (χ1v) is 8.69. The van der Waals surface area contributed by atoms with E-state index in [2.05, 4.69) is 17.0 Å². The molecule has 7 heteroatoms. The molecule has 6 nitrogen and oxygen atoms in total. The molecule has 0 radical (unpaired) electrons. The lowest BCUT2D eigenvalue weighted by atomic mass is 10.2. The van der Waals surface area contributed by atoms with E-state index < -0.39 is 11.8 Å². The fourth-order valence-corrected chi connectivity index (χ4v) is 2.69. The zero-order valence-corrected chi connectivity index (χ0v) is 15.4. The average molecular weight is 371 g/mol. The first-order chi connectivity index (χ1) is 13.1. The Labute approximate surface area is 157 Å². The predicted molar refractivity (Wildman–Crippen MR) is 101 cm³/mol. The van der Waals surface area contributed by atoms with Gasteiger partial charge in [0.2, 0.25) is 0 Å². The smallest absolute Gasteiger partial charge is 0.346 e. The minimum absolute atomic E-state index is 0.125. The number of halogens is 1. The number of esters is 1. The molecule has 0 unspecified atom stereocenters. The quantitative estimate of drug-likeness (QED) is 0.459. The van der Waals surface area contributed by atoms with Gasteiger partial charge in [0.1, 0.15) is 5.82 Å². The van der Waals surface area contributed by atoms with Crippen molar-refractivity contribution in [3.63, 3.8) is 0 Å². The van der Waals surface area contributed by atoms with E-state index in [1.807, 2.05) is 5.01 Å². The second-order valence-electron chi connectivity index (χ2n) is 6.28. The molecular formula is C20H22FN3O3. The van der Waals surface area contributed by atoms with Gasteiger partial charge in [-0.1, -0.05) is 12.1 Å². The molecule has 0 N–H and O–H groups in total. The Balaban J connectivity index is 1.71. The van der Waals surface area contributed by atoms with Crippen molar-refractivity contribution in [2.24, 2.45) is 5.10 Å². The van der Waals surface area contributed by atoms with Crippen LogP contribution >= 0.6 is 0 Å². The second-order valence-corrected chi connectivity index (χ2v) is 6.28. The van der Waals surface area contributed by atoms with Crippen LogP contribution in [0.5, 0.6) is 11.5 Å². The molecule has 0 aliphatic carbocycles. The van der Waals surface area contributed by atoms with Crippen LogP contribution in [-0.4, -0.2) is 62.4 Å². The molecule has 2 aromatic rings. The lowest BCUT2D eigenvalue weighted by Gasteiger charge is -2.30. The maximum atomic E-state index is 13.7. The lowest BCUT2D eigenvalue weighted by Crippen LogP contribution is -2.41. The zero-order valence-electron chi connectivity index (χ0n) is 15.4. The molecule has 0 amide bonds. The number of likely N-dealkylation sites (N-methyl/N-ethyl adjacent to an activating group) is 1. The maximum absolute atomic E-state index is 13.7. The number of carbonyl (C=O) groups is 1. The Kier molecular flexibility index (Phi) is 6.03. The number of methoxy groups -OCH3 is 1. The predicted octanol–water partition coefficient (Wildman–Crippen LogP) is 2.63. The third-order valence-electron chi connectivity index (χ3n) is 4.33. The monoisotopic (exact) mass is 371 g/mol. The van der Waals surface area contributed by atoms with Gasteiger partial charge in [0.05, 0.1) is 18.9 Å². The molecule has 1 aliphatic heterocycles. The van der Waals surface area contributed by atoms with Crippen molar-refractivity contribution in [1.82, 2.24) is 9.91 Å². The van der Waals surface area contributed by atoms with E-state index in [1.54, 1.807) is 30.5 Å². The summed E-state index contributed by atoms with van der Waals surface area (Å²) in [5, 5.41) is 6.49. The van der Waals surface area contributed by atoms with Crippen LogP contribution in [0.4, 0.5) is 4.39 Å². The van der Waals surface area contributed by atoms with Crippen molar-refractivity contribution < 1.29 is 18.7 Å². The summed E-state index contributed by atoms with van der Waals surface area (Å²) in [7, 11) is 3.57. The van der Waals surface area contributed by atoms with E-state index in [0.717, 1.165) is 31.7 Å². The number of rotatable bonds is 5. The van der Waals surface area contributed by atoms with Gasteiger partial charge in [-0.2, -0.15) is 5.10 Å². The summed E-state index contributed by atoms with van der Waals surface area (Å²) in [5.41, 5.74) is 0.691. The van der Waals surface area contributed by atoms with Gasteiger partial charge in [-0.15, -0.1) is 0 Å². The van der Waals surface area contributed by atoms with Crippen LogP contribution in [0, 0.1) is 5.82 Å². The molecule has 3 rings (SSSR count). The Bertz CT molecular complexity index is 833. The molecule has 27 heavy (non-hydrogen) atoms. The van der Waals surface area contributed by atoms with E-state index in [0.29, 0.717) is 5.75 Å². The maximum Gasteiger partial charge on any atom is 0.346 e. The number of carbonyl (C=O) groups excluding carboxylic acids is 1. The summed E-state index contributed by atoms with van der Waals surface area (Å²) in [6.45, 7) is 3.71. The highest BCUT2D eigenvalue weighted by Crippen LogP contribution is 2.28. The second kappa shape index (κ2) is 8.64. The molecule has 142 valence electrons. The molecule has 2 aromatic carbocycles. The minimum Gasteiger partial charge on any atom is -0.493 e. The van der Waals surface area contributed by atoms with Gasteiger partial charge in [0.15, 0.2) is 11.5 Å². The molecule has 0 bridgehead atoms. The molecule has 0 aromatic heterocycles. The van der Waals surface area contributed by atoms with Gasteiger partial charge in [-0.05, 0) is 42.9 Å². The first-order valence-electron chi connectivity index (χ1n) is 8.69. The van der Waals surface area contributed by atoms with Crippen LogP contribution in [0.25, 0.3) is 0 Å². The van der Waals surface area contributed by atoms with Crippen molar-refractivity contribution in [3.8, 4) is 11.5 Å². The van der Waals surface area contributed by atoms with Crippen LogP contribution in [0.15, 0.2) is 47.6 Å². The first kappa shape index (κ1) is 18.8. The van der Waals surface area contributed by atoms with E-state index in [9.17, 15) is 9.18 Å². The normalized spacial score (nSPS) is 15.1. The SMILES string of the molecule is COc1cc(C=NN2CCN(C)CC2)ccc1OC(=O)c1ccccc1F. The van der Waals surface area contributed by atoms with Crippen LogP contribution < -0.4 is 9.47 Å². The molecule has 0 saturated carbocycles. The summed E-state index contributed by atoms with van der Waals surface area (Å²) in [5.74, 6) is -0.799. The number of ether oxygens (including phenoxy) is 2. The zero-order chi connectivity index (χ0) is 19.2. The summed E-state index contributed by atoms with van der Waals surface area (Å²) >= 11 is 0. The van der Waals surface area contributed by atoms with E-state index in [-0.39, 0.29) is 11.3 Å². The highest BCUT2D eigenvalue weighted by molar-refractivity contribution is 5.92. The summed E-state index contributed by atoms with van der Waals surface area (Å²) in [4.78, 5) is 14.4. The number of nitrogens with zero attached hydrogens (tertiary/aromatic N) is 3. The van der Waals surface area contributed by atoms with E-state index >= 15 is 0 Å². The standard InChI is InChI=1S/C20H22FN3O3/c1-23-9-11-24(12-10-23)22-14-15-7-8-18(19(13-15)26-2)27-20(25)16-5-3-4-6-17(16)21/h3-8,13-14H,9-12H2,1-2H3. The molecular weight excluding hydrogens is 349 g/mol. The highest BCUT2D eigenvalue weighted by Gasteiger charge is 2.16. The topological polar surface area (TPSA) is 54.4 Å². The Morgan fingerprint density at radius 1 is 1.11 bits per heavy atom. The van der Waals surface area contributed by atoms with Crippen molar-refractivity contribution in [1.29, 1.82) is 0 Å². The van der Waals surface area contributed by atoms with E-state index in [1.165, 1.54) is 25.3 Å². The largest absolute Gasteiger partial charge is 0.493 e. The number of hydrogen-bond donors (Lipinski definition) is 0. The highest BCUT2D eigenvalue weighted by atomic mass is 19.1. The Morgan fingerprint density at radius 2 is 1.85 bits per heavy atom. The molecule has 1 fully saturated rings. The van der Waals surface area contributed by atoms with Gasteiger partial charge in [-0.3, -0.25) is 5.01 Å². The van der Waals surface area contributed by atoms with Crippen LogP contribution in [0.1, 0.15) is 15.9 Å². The minimum atomic E-state index is -0.773. The van der Waals surface area contributed by atoms with Gasteiger partial charge >= 0.3 is 5.97 Å². The molecule has 0 spiro atoms. The molecule has 1 heterocycles. The van der Waals surface area contributed by atoms with Crippen LogP contribution in [-0.2, 0) is 0 Å². The number of benzene rings is 2. The molecule has 1 aliphatic rings. The Hall–Kier alpha value is -2.93. The summed E-state index contributed by atoms with van der Waals surface area (Å²) < 4.78 is 24.3. The van der Waals surface area contributed by atoms with Crippen molar-refractivity contribution in [2.45, 2.75) is 0 Å². The number of piperazine rings is 1. The lowest BCUT2D eigenvalue weighted by molar-refractivity contribution is 0.0725. The van der Waals surface area contributed by atoms with Gasteiger partial charge in [0, 0.05) is 26.2 Å². The van der Waals surface area contributed by atoms with Crippen molar-refractivity contribution in [2.75, 3.05) is 40.3 Å². The molecule has 1 saturated heterocycles. The van der Waals surface area contributed by atoms with Crippen molar-refractivity contribution in [3.05, 3.63) is 59.4 Å².